The number of alkyl carbamates (subject to hydrolysis) is 1. The monoisotopic (exact) mass is 448 g/mol. The van der Waals surface area contributed by atoms with E-state index in [1.807, 2.05) is 24.3 Å². The highest BCUT2D eigenvalue weighted by atomic mass is 16.5. The summed E-state index contributed by atoms with van der Waals surface area (Å²) in [6.07, 6.45) is 3.40. The standard InChI is InChI=1S/C26H28N2O5/c1-17(24(30)31)11-14-27-23(29)15-26(12-6-13-26)28-25(32)33-16-22-20-9-4-2-7-18(20)19-8-3-5-10-21(19)22/h2-5,7-11,22H,6,12-16H2,1H3,(H,27,29)(H,28,32)(H,30,31)/b17-11+. The van der Waals surface area contributed by atoms with Gasteiger partial charge in [-0.15, -0.1) is 0 Å². The number of rotatable bonds is 8. The number of hydrogen-bond acceptors (Lipinski definition) is 4. The van der Waals surface area contributed by atoms with Gasteiger partial charge in [0.2, 0.25) is 5.91 Å². The molecule has 0 bridgehead atoms. The van der Waals surface area contributed by atoms with Crippen LogP contribution in [0.3, 0.4) is 0 Å². The first-order chi connectivity index (χ1) is 15.9. The van der Waals surface area contributed by atoms with Crippen LogP contribution in [0.4, 0.5) is 4.79 Å². The molecule has 0 saturated heterocycles. The molecular weight excluding hydrogens is 420 g/mol. The Balaban J connectivity index is 1.33. The fraction of sp³-hybridized carbons (Fsp3) is 0.346. The Morgan fingerprint density at radius 2 is 1.67 bits per heavy atom. The fourth-order valence-corrected chi connectivity index (χ4v) is 4.58. The van der Waals surface area contributed by atoms with Crippen molar-refractivity contribution in [2.24, 2.45) is 0 Å². The highest BCUT2D eigenvalue weighted by Gasteiger charge is 2.41. The van der Waals surface area contributed by atoms with Crippen molar-refractivity contribution < 1.29 is 24.2 Å². The van der Waals surface area contributed by atoms with E-state index >= 15 is 0 Å². The lowest BCUT2D eigenvalue weighted by Gasteiger charge is -2.41. The zero-order valence-corrected chi connectivity index (χ0v) is 18.6. The Kier molecular flexibility index (Phi) is 6.49. The largest absolute Gasteiger partial charge is 0.478 e. The molecule has 0 aromatic heterocycles. The van der Waals surface area contributed by atoms with E-state index in [1.165, 1.54) is 24.1 Å². The van der Waals surface area contributed by atoms with Gasteiger partial charge in [-0.1, -0.05) is 54.6 Å². The average molecular weight is 449 g/mol. The van der Waals surface area contributed by atoms with Gasteiger partial charge in [0.1, 0.15) is 6.61 Å². The molecule has 172 valence electrons. The molecule has 7 heteroatoms. The first-order valence-corrected chi connectivity index (χ1v) is 11.2. The van der Waals surface area contributed by atoms with Crippen LogP contribution in [0.15, 0.2) is 60.2 Å². The highest BCUT2D eigenvalue weighted by Crippen LogP contribution is 2.44. The number of carbonyl (C=O) groups excluding carboxylic acids is 2. The van der Waals surface area contributed by atoms with Crippen LogP contribution in [-0.4, -0.2) is 41.8 Å². The van der Waals surface area contributed by atoms with Crippen LogP contribution in [0.5, 0.6) is 0 Å². The number of amides is 2. The normalized spacial score (nSPS) is 16.2. The van der Waals surface area contributed by atoms with Crippen LogP contribution < -0.4 is 10.6 Å². The van der Waals surface area contributed by atoms with Crippen molar-refractivity contribution in [3.63, 3.8) is 0 Å². The van der Waals surface area contributed by atoms with Gasteiger partial charge in [-0.3, -0.25) is 4.79 Å². The molecule has 0 spiro atoms. The molecule has 2 aromatic carbocycles. The third-order valence-electron chi connectivity index (χ3n) is 6.57. The number of benzene rings is 2. The topological polar surface area (TPSA) is 105 Å². The molecule has 2 aliphatic rings. The zero-order chi connectivity index (χ0) is 23.4. The number of ether oxygens (including phenoxy) is 1. The lowest BCUT2D eigenvalue weighted by atomic mass is 9.74. The molecule has 0 heterocycles. The lowest BCUT2D eigenvalue weighted by molar-refractivity contribution is -0.132. The molecule has 4 rings (SSSR count). The number of carboxylic acids is 1. The minimum absolute atomic E-state index is 0.0203. The van der Waals surface area contributed by atoms with E-state index in [-0.39, 0.29) is 37.0 Å². The van der Waals surface area contributed by atoms with Crippen LogP contribution in [0.25, 0.3) is 11.1 Å². The summed E-state index contributed by atoms with van der Waals surface area (Å²) in [6.45, 7) is 1.83. The highest BCUT2D eigenvalue weighted by molar-refractivity contribution is 5.86. The first-order valence-electron chi connectivity index (χ1n) is 11.2. The molecule has 2 aromatic rings. The van der Waals surface area contributed by atoms with Crippen molar-refractivity contribution >= 4 is 18.0 Å². The fourth-order valence-electron chi connectivity index (χ4n) is 4.58. The Hall–Kier alpha value is -3.61. The van der Waals surface area contributed by atoms with Crippen LogP contribution in [-0.2, 0) is 14.3 Å². The number of carboxylic acid groups (broad SMARTS) is 1. The maximum Gasteiger partial charge on any atom is 0.407 e. The van der Waals surface area contributed by atoms with Crippen LogP contribution >= 0.6 is 0 Å². The van der Waals surface area contributed by atoms with Gasteiger partial charge in [0.25, 0.3) is 0 Å². The van der Waals surface area contributed by atoms with Crippen molar-refractivity contribution in [2.75, 3.05) is 13.2 Å². The summed E-state index contributed by atoms with van der Waals surface area (Å²) >= 11 is 0. The van der Waals surface area contributed by atoms with Gasteiger partial charge < -0.3 is 20.5 Å². The van der Waals surface area contributed by atoms with Gasteiger partial charge in [-0.25, -0.2) is 9.59 Å². The van der Waals surface area contributed by atoms with E-state index < -0.39 is 17.6 Å². The first kappa shape index (κ1) is 22.6. The van der Waals surface area contributed by atoms with Gasteiger partial charge in [0.05, 0.1) is 5.54 Å². The Morgan fingerprint density at radius 3 is 2.21 bits per heavy atom. The second-order valence-electron chi connectivity index (χ2n) is 8.76. The lowest BCUT2D eigenvalue weighted by Crippen LogP contribution is -2.56. The molecule has 1 saturated carbocycles. The second kappa shape index (κ2) is 9.48. The average Bonchev–Trinajstić information content (AvgIpc) is 3.10. The van der Waals surface area contributed by atoms with Crippen LogP contribution in [0.2, 0.25) is 0 Å². The predicted molar refractivity (Wildman–Crippen MR) is 124 cm³/mol. The maximum absolute atomic E-state index is 12.7. The van der Waals surface area contributed by atoms with Gasteiger partial charge >= 0.3 is 12.1 Å². The molecule has 3 N–H and O–H groups in total. The van der Waals surface area contributed by atoms with E-state index in [4.69, 9.17) is 9.84 Å². The Bertz CT molecular complexity index is 1060. The molecule has 33 heavy (non-hydrogen) atoms. The van der Waals surface area contributed by atoms with E-state index in [2.05, 4.69) is 34.9 Å². The molecule has 2 aliphatic carbocycles. The zero-order valence-electron chi connectivity index (χ0n) is 18.6. The van der Waals surface area contributed by atoms with E-state index in [9.17, 15) is 14.4 Å². The molecule has 1 fully saturated rings. The summed E-state index contributed by atoms with van der Waals surface area (Å²) in [4.78, 5) is 35.8. The smallest absolute Gasteiger partial charge is 0.407 e. The van der Waals surface area contributed by atoms with Crippen LogP contribution in [0, 0.1) is 0 Å². The van der Waals surface area contributed by atoms with Crippen molar-refractivity contribution in [2.45, 2.75) is 44.1 Å². The number of fused-ring (bicyclic) bond motifs is 3. The van der Waals surface area contributed by atoms with Crippen molar-refractivity contribution in [3.8, 4) is 11.1 Å². The SMILES string of the molecule is C/C(=C\CNC(=O)CC1(NC(=O)OCC2c3ccccc3-c3ccccc32)CCC1)C(=O)O. The molecule has 7 nitrogen and oxygen atoms in total. The van der Waals surface area contributed by atoms with Gasteiger partial charge in [-0.2, -0.15) is 0 Å². The van der Waals surface area contributed by atoms with E-state index in [0.29, 0.717) is 12.8 Å². The van der Waals surface area contributed by atoms with E-state index in [0.717, 1.165) is 17.5 Å². The summed E-state index contributed by atoms with van der Waals surface area (Å²) in [5, 5.41) is 14.5. The van der Waals surface area contributed by atoms with Crippen molar-refractivity contribution in [1.82, 2.24) is 10.6 Å². The Labute approximate surface area is 192 Å². The van der Waals surface area contributed by atoms with Gasteiger partial charge in [0, 0.05) is 24.5 Å². The van der Waals surface area contributed by atoms with Gasteiger partial charge in [-0.05, 0) is 48.4 Å². The summed E-state index contributed by atoms with van der Waals surface area (Å²) in [7, 11) is 0. The molecule has 0 atom stereocenters. The minimum Gasteiger partial charge on any atom is -0.478 e. The number of nitrogens with one attached hydrogen (secondary N) is 2. The summed E-state index contributed by atoms with van der Waals surface area (Å²) in [5.74, 6) is -1.27. The molecule has 0 unspecified atom stereocenters. The quantitative estimate of drug-likeness (QED) is 0.530. The number of aliphatic carboxylic acids is 1. The summed E-state index contributed by atoms with van der Waals surface area (Å²) in [5.41, 5.74) is 4.19. The third-order valence-corrected chi connectivity index (χ3v) is 6.57. The molecular formula is C26H28N2O5. The Morgan fingerprint density at radius 1 is 1.06 bits per heavy atom. The van der Waals surface area contributed by atoms with E-state index in [1.54, 1.807) is 0 Å². The molecule has 0 radical (unpaired) electrons. The third kappa shape index (κ3) is 4.92. The maximum atomic E-state index is 12.7. The van der Waals surface area contributed by atoms with Gasteiger partial charge in [0.15, 0.2) is 0 Å². The van der Waals surface area contributed by atoms with Crippen molar-refractivity contribution in [1.29, 1.82) is 0 Å². The molecule has 0 aliphatic heterocycles. The summed E-state index contributed by atoms with van der Waals surface area (Å²) in [6, 6.07) is 16.3. The summed E-state index contributed by atoms with van der Waals surface area (Å²) < 4.78 is 5.64. The van der Waals surface area contributed by atoms with Crippen LogP contribution in [0.1, 0.15) is 49.7 Å². The van der Waals surface area contributed by atoms with Crippen molar-refractivity contribution in [3.05, 3.63) is 71.3 Å². The predicted octanol–water partition coefficient (Wildman–Crippen LogP) is 3.99. The second-order valence-corrected chi connectivity index (χ2v) is 8.76. The number of hydrogen-bond donors (Lipinski definition) is 3. The number of carbonyl (C=O) groups is 3. The minimum atomic E-state index is -1.02. The molecule has 2 amide bonds.